The van der Waals surface area contributed by atoms with Crippen molar-refractivity contribution >= 4 is 22.9 Å². The van der Waals surface area contributed by atoms with E-state index in [2.05, 4.69) is 38.2 Å². The Morgan fingerprint density at radius 2 is 2.23 bits per heavy atom. The second-order valence-electron chi connectivity index (χ2n) is 4.50. The smallest absolute Gasteiger partial charge is 0.0363 e. The highest BCUT2D eigenvalue weighted by Crippen LogP contribution is 2.28. The minimum absolute atomic E-state index is 0.389. The SMILES string of the molecule is C[C@@H]1CNC(C2CC(N)CN2I)C1. The van der Waals surface area contributed by atoms with Crippen LogP contribution in [-0.2, 0) is 0 Å². The normalized spacial score (nSPS) is 47.3. The lowest BCUT2D eigenvalue weighted by molar-refractivity contribution is 0.364. The third kappa shape index (κ3) is 2.16. The van der Waals surface area contributed by atoms with E-state index in [0.717, 1.165) is 18.9 Å². The number of nitrogens with two attached hydrogens (primary N) is 1. The van der Waals surface area contributed by atoms with Gasteiger partial charge in [-0.05, 0) is 25.3 Å². The number of halogens is 1. The molecule has 3 nitrogen and oxygen atoms in total. The van der Waals surface area contributed by atoms with Gasteiger partial charge in [0.25, 0.3) is 0 Å². The van der Waals surface area contributed by atoms with Crippen molar-refractivity contribution in [2.24, 2.45) is 11.7 Å². The van der Waals surface area contributed by atoms with E-state index in [9.17, 15) is 0 Å². The van der Waals surface area contributed by atoms with Crippen LogP contribution in [0.2, 0.25) is 0 Å². The maximum absolute atomic E-state index is 5.94. The number of hydrogen-bond donors (Lipinski definition) is 2. The molecule has 0 amide bonds. The van der Waals surface area contributed by atoms with Crippen molar-refractivity contribution in [3.8, 4) is 0 Å². The predicted octanol–water partition coefficient (Wildman–Crippen LogP) is 0.736. The fourth-order valence-corrected chi connectivity index (χ4v) is 3.59. The van der Waals surface area contributed by atoms with Crippen molar-refractivity contribution in [2.45, 2.75) is 37.9 Å². The van der Waals surface area contributed by atoms with E-state index in [0.29, 0.717) is 18.1 Å². The molecule has 0 saturated carbocycles. The standard InChI is InChI=1S/C9H18IN3/c1-6-2-8(12-4-6)9-3-7(11)5-13(9)10/h6-9,12H,2-5,11H2,1H3/t6-,7?,8?,9?/m0/s1. The van der Waals surface area contributed by atoms with Gasteiger partial charge in [0, 0.05) is 47.5 Å². The van der Waals surface area contributed by atoms with Gasteiger partial charge in [-0.25, -0.2) is 3.11 Å². The summed E-state index contributed by atoms with van der Waals surface area (Å²) < 4.78 is 2.39. The van der Waals surface area contributed by atoms with Gasteiger partial charge in [-0.2, -0.15) is 0 Å². The molecule has 3 N–H and O–H groups in total. The van der Waals surface area contributed by atoms with Crippen molar-refractivity contribution in [2.75, 3.05) is 13.1 Å². The summed E-state index contributed by atoms with van der Waals surface area (Å²) in [6.45, 7) is 4.55. The van der Waals surface area contributed by atoms with Gasteiger partial charge in [0.2, 0.25) is 0 Å². The third-order valence-electron chi connectivity index (χ3n) is 3.16. The first-order valence-electron chi connectivity index (χ1n) is 5.08. The summed E-state index contributed by atoms with van der Waals surface area (Å²) >= 11 is 2.42. The lowest BCUT2D eigenvalue weighted by Crippen LogP contribution is -2.39. The van der Waals surface area contributed by atoms with Crippen LogP contribution in [0, 0.1) is 5.92 Å². The summed E-state index contributed by atoms with van der Waals surface area (Å²) in [6, 6.07) is 1.74. The molecule has 4 heteroatoms. The van der Waals surface area contributed by atoms with Crippen LogP contribution in [0.1, 0.15) is 19.8 Å². The molecule has 0 radical (unpaired) electrons. The van der Waals surface area contributed by atoms with Crippen LogP contribution < -0.4 is 11.1 Å². The van der Waals surface area contributed by atoms with Crippen LogP contribution in [0.5, 0.6) is 0 Å². The lowest BCUT2D eigenvalue weighted by atomic mass is 10.00. The van der Waals surface area contributed by atoms with Crippen LogP contribution in [-0.4, -0.2) is 34.3 Å². The minimum atomic E-state index is 0.389. The number of nitrogens with one attached hydrogen (secondary N) is 1. The molecule has 2 rings (SSSR count). The largest absolute Gasteiger partial charge is 0.326 e. The Hall–Kier alpha value is 0.610. The monoisotopic (exact) mass is 295 g/mol. The van der Waals surface area contributed by atoms with Crippen molar-refractivity contribution in [3.05, 3.63) is 0 Å². The molecule has 0 aliphatic carbocycles. The van der Waals surface area contributed by atoms with Crippen molar-refractivity contribution in [3.63, 3.8) is 0 Å². The summed E-state index contributed by atoms with van der Waals surface area (Å²) in [6.07, 6.45) is 2.48. The molecule has 2 aliphatic heterocycles. The Balaban J connectivity index is 1.93. The Labute approximate surface area is 93.9 Å². The van der Waals surface area contributed by atoms with Crippen LogP contribution in [0.4, 0.5) is 0 Å². The maximum atomic E-state index is 5.94. The van der Waals surface area contributed by atoms with Gasteiger partial charge in [-0.3, -0.25) is 0 Å². The fourth-order valence-electron chi connectivity index (χ4n) is 2.46. The van der Waals surface area contributed by atoms with Crippen molar-refractivity contribution in [1.82, 2.24) is 8.43 Å². The molecule has 0 spiro atoms. The van der Waals surface area contributed by atoms with Gasteiger partial charge in [-0.1, -0.05) is 6.92 Å². The first kappa shape index (κ1) is 10.1. The highest BCUT2D eigenvalue weighted by Gasteiger charge is 2.37. The van der Waals surface area contributed by atoms with Gasteiger partial charge in [0.1, 0.15) is 0 Å². The molecule has 2 aliphatic rings. The zero-order chi connectivity index (χ0) is 9.42. The van der Waals surface area contributed by atoms with Gasteiger partial charge in [0.15, 0.2) is 0 Å². The average molecular weight is 295 g/mol. The number of rotatable bonds is 1. The van der Waals surface area contributed by atoms with Gasteiger partial charge >= 0.3 is 0 Å². The molecule has 3 unspecified atom stereocenters. The Morgan fingerprint density at radius 3 is 2.69 bits per heavy atom. The van der Waals surface area contributed by atoms with Gasteiger partial charge in [0.05, 0.1) is 0 Å². The molecule has 76 valence electrons. The first-order chi connectivity index (χ1) is 6.16. The molecule has 2 fully saturated rings. The van der Waals surface area contributed by atoms with E-state index >= 15 is 0 Å². The number of hydrogen-bond acceptors (Lipinski definition) is 3. The first-order valence-corrected chi connectivity index (χ1v) is 6.04. The zero-order valence-corrected chi connectivity index (χ0v) is 10.2. The predicted molar refractivity (Wildman–Crippen MR) is 62.7 cm³/mol. The maximum Gasteiger partial charge on any atom is 0.0363 e. The molecule has 0 aromatic heterocycles. The summed E-state index contributed by atoms with van der Waals surface area (Å²) in [4.78, 5) is 0. The second kappa shape index (κ2) is 4.00. The average Bonchev–Trinajstić information content (AvgIpc) is 2.58. The van der Waals surface area contributed by atoms with E-state index in [-0.39, 0.29) is 0 Å². The summed E-state index contributed by atoms with van der Waals surface area (Å²) in [5, 5.41) is 3.60. The van der Waals surface area contributed by atoms with E-state index in [1.165, 1.54) is 13.0 Å². The van der Waals surface area contributed by atoms with Crippen molar-refractivity contribution < 1.29 is 0 Å². The van der Waals surface area contributed by atoms with Crippen LogP contribution >= 0.6 is 22.9 Å². The minimum Gasteiger partial charge on any atom is -0.326 e. The van der Waals surface area contributed by atoms with E-state index in [4.69, 9.17) is 5.73 Å². The summed E-state index contributed by atoms with van der Waals surface area (Å²) in [5.74, 6) is 0.839. The van der Waals surface area contributed by atoms with E-state index < -0.39 is 0 Å². The zero-order valence-electron chi connectivity index (χ0n) is 8.04. The van der Waals surface area contributed by atoms with E-state index in [1.54, 1.807) is 0 Å². The quantitative estimate of drug-likeness (QED) is 0.554. The molecule has 0 aromatic rings. The number of nitrogens with zero attached hydrogens (tertiary/aromatic N) is 1. The fraction of sp³-hybridized carbons (Fsp3) is 1.00. The summed E-state index contributed by atoms with van der Waals surface area (Å²) in [7, 11) is 0. The third-order valence-corrected chi connectivity index (χ3v) is 4.27. The molecule has 4 atom stereocenters. The molecule has 0 bridgehead atoms. The lowest BCUT2D eigenvalue weighted by Gasteiger charge is -2.23. The molecule has 2 heterocycles. The molecule has 13 heavy (non-hydrogen) atoms. The van der Waals surface area contributed by atoms with Crippen LogP contribution in [0.25, 0.3) is 0 Å². The molecular weight excluding hydrogens is 277 g/mol. The Morgan fingerprint density at radius 1 is 1.46 bits per heavy atom. The summed E-state index contributed by atoms with van der Waals surface area (Å²) in [5.41, 5.74) is 5.94. The highest BCUT2D eigenvalue weighted by molar-refractivity contribution is 14.1. The van der Waals surface area contributed by atoms with Crippen LogP contribution in [0.3, 0.4) is 0 Å². The topological polar surface area (TPSA) is 41.3 Å². The molecular formula is C9H18IN3. The van der Waals surface area contributed by atoms with E-state index in [1.807, 2.05) is 0 Å². The highest BCUT2D eigenvalue weighted by atomic mass is 127. The van der Waals surface area contributed by atoms with Gasteiger partial charge < -0.3 is 11.1 Å². The van der Waals surface area contributed by atoms with Gasteiger partial charge in [-0.15, -0.1) is 0 Å². The van der Waals surface area contributed by atoms with Crippen molar-refractivity contribution in [1.29, 1.82) is 0 Å². The molecule has 2 saturated heterocycles. The Bertz CT molecular complexity index is 188. The van der Waals surface area contributed by atoms with Crippen LogP contribution in [0.15, 0.2) is 0 Å². The molecule has 0 aromatic carbocycles. The second-order valence-corrected chi connectivity index (χ2v) is 5.74. The Kier molecular flexibility index (Phi) is 3.12.